The van der Waals surface area contributed by atoms with Gasteiger partial charge in [-0.2, -0.15) is 13.2 Å². The van der Waals surface area contributed by atoms with Crippen LogP contribution >= 0.6 is 0 Å². The average Bonchev–Trinajstić information content (AvgIpc) is 2.54. The lowest BCUT2D eigenvalue weighted by Gasteiger charge is -2.12. The Balaban J connectivity index is 1.96. The maximum Gasteiger partial charge on any atom is 0.422 e. The Morgan fingerprint density at radius 1 is 1.17 bits per heavy atom. The Hall–Kier alpha value is -2.64. The van der Waals surface area contributed by atoms with Crippen LogP contribution in [0.15, 0.2) is 42.6 Å². The van der Waals surface area contributed by atoms with Crippen LogP contribution in [-0.2, 0) is 6.42 Å². The molecule has 1 N–H and O–H groups in total. The Morgan fingerprint density at radius 3 is 2.62 bits per heavy atom. The maximum atomic E-state index is 13.5. The Labute approximate surface area is 135 Å². The average molecular weight is 342 g/mol. The fourth-order valence-corrected chi connectivity index (χ4v) is 1.94. The van der Waals surface area contributed by atoms with Crippen LogP contribution in [0.1, 0.15) is 15.9 Å². The van der Waals surface area contributed by atoms with Gasteiger partial charge in [0.2, 0.25) is 5.88 Å². The zero-order valence-electron chi connectivity index (χ0n) is 12.4. The van der Waals surface area contributed by atoms with Gasteiger partial charge in [0, 0.05) is 12.7 Å². The second-order valence-electron chi connectivity index (χ2n) is 4.86. The zero-order valence-corrected chi connectivity index (χ0v) is 12.4. The number of ether oxygens (including phenoxy) is 1. The molecule has 1 aromatic carbocycles. The van der Waals surface area contributed by atoms with E-state index in [9.17, 15) is 22.4 Å². The smallest absolute Gasteiger partial charge is 0.422 e. The van der Waals surface area contributed by atoms with Gasteiger partial charge in [0.05, 0.1) is 0 Å². The summed E-state index contributed by atoms with van der Waals surface area (Å²) in [7, 11) is 0. The number of nitrogens with zero attached hydrogens (tertiary/aromatic N) is 1. The number of rotatable bonds is 6. The third-order valence-corrected chi connectivity index (χ3v) is 3.03. The molecule has 0 radical (unpaired) electrons. The second-order valence-corrected chi connectivity index (χ2v) is 4.86. The van der Waals surface area contributed by atoms with Crippen LogP contribution in [0.25, 0.3) is 0 Å². The molecule has 0 aliphatic heterocycles. The highest BCUT2D eigenvalue weighted by Crippen LogP contribution is 2.19. The van der Waals surface area contributed by atoms with Crippen molar-refractivity contribution in [1.82, 2.24) is 10.3 Å². The molecule has 0 spiro atoms. The van der Waals surface area contributed by atoms with E-state index >= 15 is 0 Å². The molecule has 24 heavy (non-hydrogen) atoms. The number of hydrogen-bond acceptors (Lipinski definition) is 3. The number of halogens is 4. The summed E-state index contributed by atoms with van der Waals surface area (Å²) in [6, 6.07) is 8.83. The van der Waals surface area contributed by atoms with Gasteiger partial charge in [-0.15, -0.1) is 0 Å². The van der Waals surface area contributed by atoms with Gasteiger partial charge < -0.3 is 10.1 Å². The van der Waals surface area contributed by atoms with Crippen molar-refractivity contribution in [3.8, 4) is 5.88 Å². The minimum atomic E-state index is -4.53. The summed E-state index contributed by atoms with van der Waals surface area (Å²) in [6.45, 7) is -1.42. The number of pyridine rings is 1. The van der Waals surface area contributed by atoms with Gasteiger partial charge in [0.25, 0.3) is 5.91 Å². The molecule has 2 aromatic rings. The molecule has 0 saturated heterocycles. The minimum absolute atomic E-state index is 0.115. The summed E-state index contributed by atoms with van der Waals surface area (Å²) < 4.78 is 54.7. The van der Waals surface area contributed by atoms with Crippen LogP contribution < -0.4 is 10.1 Å². The highest BCUT2D eigenvalue weighted by Gasteiger charge is 2.29. The lowest BCUT2D eigenvalue weighted by atomic mass is 10.1. The zero-order chi connectivity index (χ0) is 17.6. The highest BCUT2D eigenvalue weighted by molar-refractivity contribution is 5.96. The van der Waals surface area contributed by atoms with E-state index < -0.39 is 24.6 Å². The Kier molecular flexibility index (Phi) is 5.73. The molecule has 2 rings (SSSR count). The fourth-order valence-electron chi connectivity index (χ4n) is 1.94. The number of alkyl halides is 3. The second kappa shape index (κ2) is 7.76. The maximum absolute atomic E-state index is 13.5. The number of hydrogen-bond donors (Lipinski definition) is 1. The molecule has 1 amide bonds. The molecular formula is C16H14F4N2O2. The summed E-state index contributed by atoms with van der Waals surface area (Å²) in [5, 5.41) is 2.51. The number of carbonyl (C=O) groups is 1. The molecule has 0 aliphatic rings. The summed E-state index contributed by atoms with van der Waals surface area (Å²) in [4.78, 5) is 15.7. The van der Waals surface area contributed by atoms with E-state index in [0.717, 1.165) is 0 Å². The van der Waals surface area contributed by atoms with Crippen LogP contribution in [0.2, 0.25) is 0 Å². The van der Waals surface area contributed by atoms with Crippen LogP contribution in [0.5, 0.6) is 5.88 Å². The third-order valence-electron chi connectivity index (χ3n) is 3.03. The largest absolute Gasteiger partial charge is 0.467 e. The first kappa shape index (κ1) is 17.7. The first-order chi connectivity index (χ1) is 11.4. The summed E-state index contributed by atoms with van der Waals surface area (Å²) in [6.07, 6.45) is -3.06. The SMILES string of the molecule is O=C(NCCc1ccccc1F)c1cccnc1OCC(F)(F)F. The number of aromatic nitrogens is 1. The molecule has 0 aliphatic carbocycles. The molecule has 128 valence electrons. The first-order valence-electron chi connectivity index (χ1n) is 7.03. The summed E-state index contributed by atoms with van der Waals surface area (Å²) >= 11 is 0. The van der Waals surface area contributed by atoms with E-state index in [-0.39, 0.29) is 24.3 Å². The van der Waals surface area contributed by atoms with E-state index in [0.29, 0.717) is 5.56 Å². The lowest BCUT2D eigenvalue weighted by molar-refractivity contribution is -0.154. The van der Waals surface area contributed by atoms with Gasteiger partial charge in [0.1, 0.15) is 11.4 Å². The molecule has 1 aromatic heterocycles. The van der Waals surface area contributed by atoms with Crippen LogP contribution in [0.3, 0.4) is 0 Å². The van der Waals surface area contributed by atoms with E-state index in [1.807, 2.05) is 0 Å². The molecule has 0 unspecified atom stereocenters. The van der Waals surface area contributed by atoms with Crippen molar-refractivity contribution in [1.29, 1.82) is 0 Å². The first-order valence-corrected chi connectivity index (χ1v) is 7.03. The molecule has 0 saturated carbocycles. The summed E-state index contributed by atoms with van der Waals surface area (Å²) in [5.74, 6) is -1.43. The van der Waals surface area contributed by atoms with Crippen LogP contribution in [0.4, 0.5) is 17.6 Å². The molecule has 0 fully saturated rings. The Bertz CT molecular complexity index is 704. The van der Waals surface area contributed by atoms with Crippen molar-refractivity contribution in [2.45, 2.75) is 12.6 Å². The lowest BCUT2D eigenvalue weighted by Crippen LogP contribution is -2.27. The molecule has 1 heterocycles. The van der Waals surface area contributed by atoms with Crippen molar-refractivity contribution in [2.24, 2.45) is 0 Å². The minimum Gasteiger partial charge on any atom is -0.467 e. The molecule has 0 bridgehead atoms. The van der Waals surface area contributed by atoms with Crippen molar-refractivity contribution < 1.29 is 27.1 Å². The van der Waals surface area contributed by atoms with Crippen molar-refractivity contribution in [3.05, 3.63) is 59.5 Å². The molecular weight excluding hydrogens is 328 g/mol. The van der Waals surface area contributed by atoms with Gasteiger partial charge in [0.15, 0.2) is 6.61 Å². The monoisotopic (exact) mass is 342 g/mol. The van der Waals surface area contributed by atoms with Crippen molar-refractivity contribution >= 4 is 5.91 Å². The topological polar surface area (TPSA) is 51.2 Å². The number of carbonyl (C=O) groups excluding carboxylic acids is 1. The van der Waals surface area contributed by atoms with Gasteiger partial charge in [-0.1, -0.05) is 18.2 Å². The van der Waals surface area contributed by atoms with Gasteiger partial charge >= 0.3 is 6.18 Å². The fraction of sp³-hybridized carbons (Fsp3) is 0.250. The number of benzene rings is 1. The summed E-state index contributed by atoms with van der Waals surface area (Å²) in [5.41, 5.74) is 0.313. The van der Waals surface area contributed by atoms with Crippen LogP contribution in [-0.4, -0.2) is 30.2 Å². The number of nitrogens with one attached hydrogen (secondary N) is 1. The highest BCUT2D eigenvalue weighted by atomic mass is 19.4. The van der Waals surface area contributed by atoms with Crippen molar-refractivity contribution in [2.75, 3.05) is 13.2 Å². The number of amides is 1. The van der Waals surface area contributed by atoms with Gasteiger partial charge in [-0.3, -0.25) is 4.79 Å². The van der Waals surface area contributed by atoms with E-state index in [1.54, 1.807) is 18.2 Å². The van der Waals surface area contributed by atoms with E-state index in [1.165, 1.54) is 24.4 Å². The van der Waals surface area contributed by atoms with E-state index in [4.69, 9.17) is 0 Å². The molecule has 4 nitrogen and oxygen atoms in total. The van der Waals surface area contributed by atoms with E-state index in [2.05, 4.69) is 15.0 Å². The van der Waals surface area contributed by atoms with Gasteiger partial charge in [-0.25, -0.2) is 9.37 Å². The standard InChI is InChI=1S/C16H14F4N2O2/c17-13-6-2-1-4-11(13)7-9-21-14(23)12-5-3-8-22-15(12)24-10-16(18,19)20/h1-6,8H,7,9-10H2,(H,21,23). The molecule has 8 heteroatoms. The predicted octanol–water partition coefficient (Wildman–Crippen LogP) is 3.13. The Morgan fingerprint density at radius 2 is 1.92 bits per heavy atom. The van der Waals surface area contributed by atoms with Gasteiger partial charge in [-0.05, 0) is 30.2 Å². The third kappa shape index (κ3) is 5.22. The normalized spacial score (nSPS) is 11.2. The predicted molar refractivity (Wildman–Crippen MR) is 78.2 cm³/mol. The van der Waals surface area contributed by atoms with Crippen LogP contribution in [0, 0.1) is 5.82 Å². The quantitative estimate of drug-likeness (QED) is 0.821. The van der Waals surface area contributed by atoms with Crippen molar-refractivity contribution in [3.63, 3.8) is 0 Å². The molecule has 0 atom stereocenters.